The van der Waals surface area contributed by atoms with Crippen molar-refractivity contribution in [3.05, 3.63) is 34.9 Å². The first-order chi connectivity index (χ1) is 6.69. The van der Waals surface area contributed by atoms with Gasteiger partial charge in [-0.1, -0.05) is 23.7 Å². The van der Waals surface area contributed by atoms with Gasteiger partial charge in [-0.2, -0.15) is 0 Å². The van der Waals surface area contributed by atoms with Gasteiger partial charge in [-0.15, -0.1) is 0 Å². The number of halogens is 1. The molecule has 14 heavy (non-hydrogen) atoms. The highest BCUT2D eigenvalue weighted by molar-refractivity contribution is 6.36. The second kappa shape index (κ2) is 4.82. The van der Waals surface area contributed by atoms with Gasteiger partial charge in [-0.05, 0) is 24.6 Å². The molecule has 3 heteroatoms. The average Bonchev–Trinajstić information content (AvgIpc) is 2.19. The molecule has 0 spiro atoms. The zero-order valence-corrected chi connectivity index (χ0v) is 8.84. The molecule has 0 unspecified atom stereocenters. The number of ether oxygens (including phenoxy) is 1. The SMILES string of the molecule is COc1ccc(/C(C=O)=C(/C)Cl)cc1. The van der Waals surface area contributed by atoms with E-state index in [-0.39, 0.29) is 0 Å². The van der Waals surface area contributed by atoms with Crippen LogP contribution in [0.1, 0.15) is 12.5 Å². The van der Waals surface area contributed by atoms with Crippen molar-refractivity contribution >= 4 is 23.5 Å². The lowest BCUT2D eigenvalue weighted by Crippen LogP contribution is -1.88. The fourth-order valence-electron chi connectivity index (χ4n) is 1.12. The van der Waals surface area contributed by atoms with Crippen molar-refractivity contribution in [1.29, 1.82) is 0 Å². The van der Waals surface area contributed by atoms with Gasteiger partial charge in [0.05, 0.1) is 7.11 Å². The molecule has 0 radical (unpaired) electrons. The molecule has 0 heterocycles. The largest absolute Gasteiger partial charge is 0.497 e. The number of hydrogen-bond acceptors (Lipinski definition) is 2. The highest BCUT2D eigenvalue weighted by atomic mass is 35.5. The van der Waals surface area contributed by atoms with E-state index in [1.165, 1.54) is 0 Å². The first kappa shape index (κ1) is 10.8. The fourth-order valence-corrected chi connectivity index (χ4v) is 1.27. The summed E-state index contributed by atoms with van der Waals surface area (Å²) in [6.45, 7) is 1.69. The Morgan fingerprint density at radius 3 is 2.29 bits per heavy atom. The summed E-state index contributed by atoms with van der Waals surface area (Å²) in [6.07, 6.45) is 0.754. The molecule has 1 aromatic rings. The minimum absolute atomic E-state index is 0.491. The lowest BCUT2D eigenvalue weighted by molar-refractivity contribution is -0.103. The van der Waals surface area contributed by atoms with Crippen LogP contribution in [0.4, 0.5) is 0 Å². The third-order valence-electron chi connectivity index (χ3n) is 1.89. The number of carbonyl (C=O) groups is 1. The fraction of sp³-hybridized carbons (Fsp3) is 0.182. The third-order valence-corrected chi connectivity index (χ3v) is 2.09. The Labute approximate surface area is 88.1 Å². The second-order valence-corrected chi connectivity index (χ2v) is 3.36. The second-order valence-electron chi connectivity index (χ2n) is 2.79. The summed E-state index contributed by atoms with van der Waals surface area (Å²) in [6, 6.07) is 7.18. The van der Waals surface area contributed by atoms with E-state index in [0.717, 1.165) is 17.6 Å². The molecular weight excluding hydrogens is 200 g/mol. The minimum Gasteiger partial charge on any atom is -0.497 e. The summed E-state index contributed by atoms with van der Waals surface area (Å²) in [5.41, 5.74) is 1.31. The molecule has 0 saturated carbocycles. The van der Waals surface area contributed by atoms with Crippen LogP contribution >= 0.6 is 11.6 Å². The van der Waals surface area contributed by atoms with Crippen LogP contribution in [0.3, 0.4) is 0 Å². The average molecular weight is 211 g/mol. The van der Waals surface area contributed by atoms with Crippen molar-refractivity contribution in [2.75, 3.05) is 7.11 Å². The molecule has 0 aliphatic rings. The quantitative estimate of drug-likeness (QED) is 0.567. The number of rotatable bonds is 3. The Bertz CT molecular complexity index is 348. The first-order valence-electron chi connectivity index (χ1n) is 4.15. The lowest BCUT2D eigenvalue weighted by Gasteiger charge is -2.03. The van der Waals surface area contributed by atoms with E-state index in [9.17, 15) is 4.79 Å². The Hall–Kier alpha value is -1.28. The highest BCUT2D eigenvalue weighted by Gasteiger charge is 2.03. The normalized spacial score (nSPS) is 11.9. The number of carbonyl (C=O) groups excluding carboxylic acids is 1. The Balaban J connectivity index is 3.08. The molecule has 0 aromatic heterocycles. The van der Waals surface area contributed by atoms with Crippen molar-refractivity contribution < 1.29 is 9.53 Å². The Kier molecular flexibility index (Phi) is 3.72. The summed E-state index contributed by atoms with van der Waals surface area (Å²) < 4.78 is 5.01. The zero-order chi connectivity index (χ0) is 10.6. The molecule has 0 aliphatic carbocycles. The first-order valence-corrected chi connectivity index (χ1v) is 4.53. The van der Waals surface area contributed by atoms with Gasteiger partial charge in [0.25, 0.3) is 0 Å². The molecule has 0 fully saturated rings. The van der Waals surface area contributed by atoms with Crippen LogP contribution in [-0.4, -0.2) is 13.4 Å². The van der Waals surface area contributed by atoms with Crippen molar-refractivity contribution in [1.82, 2.24) is 0 Å². The highest BCUT2D eigenvalue weighted by Crippen LogP contribution is 2.21. The Morgan fingerprint density at radius 2 is 1.93 bits per heavy atom. The molecule has 0 saturated heterocycles. The van der Waals surface area contributed by atoms with E-state index in [1.54, 1.807) is 38.3 Å². The summed E-state index contributed by atoms with van der Waals surface area (Å²) >= 11 is 5.77. The van der Waals surface area contributed by atoms with Crippen LogP contribution < -0.4 is 4.74 Å². The van der Waals surface area contributed by atoms with E-state index in [0.29, 0.717) is 10.6 Å². The van der Waals surface area contributed by atoms with E-state index < -0.39 is 0 Å². The van der Waals surface area contributed by atoms with Crippen molar-refractivity contribution in [2.45, 2.75) is 6.92 Å². The smallest absolute Gasteiger partial charge is 0.151 e. The molecule has 0 bridgehead atoms. The maximum atomic E-state index is 10.7. The molecule has 1 aromatic carbocycles. The van der Waals surface area contributed by atoms with E-state index in [2.05, 4.69) is 0 Å². The van der Waals surface area contributed by atoms with Crippen LogP contribution in [0.2, 0.25) is 0 Å². The molecule has 0 amide bonds. The standard InChI is InChI=1S/C11H11ClO2/c1-8(12)11(7-13)9-3-5-10(14-2)6-4-9/h3-7H,1-2H3/b11-8-. The topological polar surface area (TPSA) is 26.3 Å². The van der Waals surface area contributed by atoms with Crippen molar-refractivity contribution in [3.8, 4) is 5.75 Å². The molecule has 2 nitrogen and oxygen atoms in total. The van der Waals surface area contributed by atoms with Gasteiger partial charge in [0.1, 0.15) is 5.75 Å². The van der Waals surface area contributed by atoms with Crippen LogP contribution in [0, 0.1) is 0 Å². The van der Waals surface area contributed by atoms with Gasteiger partial charge in [0, 0.05) is 10.6 Å². The maximum Gasteiger partial charge on any atom is 0.151 e. The summed E-state index contributed by atoms with van der Waals surface area (Å²) in [7, 11) is 1.60. The molecule has 0 aliphatic heterocycles. The number of hydrogen-bond donors (Lipinski definition) is 0. The van der Waals surface area contributed by atoms with Gasteiger partial charge in [-0.3, -0.25) is 4.79 Å². The number of benzene rings is 1. The number of allylic oxidation sites excluding steroid dienone is 2. The van der Waals surface area contributed by atoms with Gasteiger partial charge >= 0.3 is 0 Å². The van der Waals surface area contributed by atoms with Crippen LogP contribution in [0.15, 0.2) is 29.3 Å². The predicted molar refractivity (Wildman–Crippen MR) is 57.5 cm³/mol. The summed E-state index contributed by atoms with van der Waals surface area (Å²) in [5.74, 6) is 0.756. The van der Waals surface area contributed by atoms with E-state index in [1.807, 2.05) is 0 Å². The van der Waals surface area contributed by atoms with E-state index in [4.69, 9.17) is 16.3 Å². The monoisotopic (exact) mass is 210 g/mol. The molecule has 74 valence electrons. The van der Waals surface area contributed by atoms with Crippen molar-refractivity contribution in [3.63, 3.8) is 0 Å². The molecule has 1 rings (SSSR count). The van der Waals surface area contributed by atoms with Crippen LogP contribution in [-0.2, 0) is 4.79 Å². The minimum atomic E-state index is 0.491. The van der Waals surface area contributed by atoms with Crippen molar-refractivity contribution in [2.24, 2.45) is 0 Å². The summed E-state index contributed by atoms with van der Waals surface area (Å²) in [4.78, 5) is 10.7. The maximum absolute atomic E-state index is 10.7. The van der Waals surface area contributed by atoms with Gasteiger partial charge in [0.2, 0.25) is 0 Å². The lowest BCUT2D eigenvalue weighted by atomic mass is 10.1. The third kappa shape index (κ3) is 2.36. The van der Waals surface area contributed by atoms with Crippen LogP contribution in [0.25, 0.3) is 5.57 Å². The molecule has 0 N–H and O–H groups in total. The van der Waals surface area contributed by atoms with E-state index >= 15 is 0 Å². The van der Waals surface area contributed by atoms with Gasteiger partial charge in [-0.25, -0.2) is 0 Å². The molecular formula is C11H11ClO2. The van der Waals surface area contributed by atoms with Crippen LogP contribution in [0.5, 0.6) is 5.75 Å². The zero-order valence-electron chi connectivity index (χ0n) is 8.08. The Morgan fingerprint density at radius 1 is 1.36 bits per heavy atom. The summed E-state index contributed by atoms with van der Waals surface area (Å²) in [5, 5.41) is 0.491. The predicted octanol–water partition coefficient (Wildman–Crippen LogP) is 2.86. The molecule has 0 atom stereocenters. The van der Waals surface area contributed by atoms with Gasteiger partial charge < -0.3 is 4.74 Å². The van der Waals surface area contributed by atoms with Gasteiger partial charge in [0.15, 0.2) is 6.29 Å². The number of aldehydes is 1. The number of methoxy groups -OCH3 is 1.